The molecule has 1 aromatic carbocycles. The second kappa shape index (κ2) is 8.56. The predicted octanol–water partition coefficient (Wildman–Crippen LogP) is 2.47. The summed E-state index contributed by atoms with van der Waals surface area (Å²) in [7, 11) is 1.42. The fourth-order valence-electron chi connectivity index (χ4n) is 3.06. The number of carbonyl (C=O) groups is 2. The van der Waals surface area contributed by atoms with Gasteiger partial charge in [-0.05, 0) is 43.4 Å². The molecule has 2 unspecified atom stereocenters. The molecule has 0 bridgehead atoms. The van der Waals surface area contributed by atoms with Crippen molar-refractivity contribution in [3.8, 4) is 5.75 Å². The molecule has 1 N–H and O–H groups in total. The molecule has 0 aliphatic heterocycles. The fraction of sp³-hybridized carbons (Fsp3) is 0.556. The zero-order valence-corrected chi connectivity index (χ0v) is 13.8. The second-order valence-electron chi connectivity index (χ2n) is 6.08. The van der Waals surface area contributed by atoms with Crippen LogP contribution < -0.4 is 10.1 Å². The van der Waals surface area contributed by atoms with E-state index in [0.29, 0.717) is 12.3 Å². The lowest BCUT2D eigenvalue weighted by Gasteiger charge is -2.29. The first-order chi connectivity index (χ1) is 11.1. The molecule has 1 fully saturated rings. The molecule has 2 atom stereocenters. The summed E-state index contributed by atoms with van der Waals surface area (Å²) in [6, 6.07) is 7.59. The number of methoxy groups -OCH3 is 1. The second-order valence-corrected chi connectivity index (χ2v) is 6.08. The van der Waals surface area contributed by atoms with Gasteiger partial charge in [0, 0.05) is 6.54 Å². The van der Waals surface area contributed by atoms with Crippen molar-refractivity contribution in [3.05, 3.63) is 29.8 Å². The largest absolute Gasteiger partial charge is 0.484 e. The molecule has 0 heterocycles. The maximum Gasteiger partial charge on any atom is 0.309 e. The lowest BCUT2D eigenvalue weighted by atomic mass is 9.79. The van der Waals surface area contributed by atoms with E-state index >= 15 is 0 Å². The van der Waals surface area contributed by atoms with E-state index in [2.05, 4.69) is 5.32 Å². The Balaban J connectivity index is 1.77. The minimum atomic E-state index is -0.167. The summed E-state index contributed by atoms with van der Waals surface area (Å²) >= 11 is 0. The maximum absolute atomic E-state index is 11.9. The summed E-state index contributed by atoms with van der Waals surface area (Å²) in [5, 5.41) is 2.87. The molecular formula is C18H25NO4. The number of hydrogen-bond acceptors (Lipinski definition) is 4. The molecule has 0 spiro atoms. The van der Waals surface area contributed by atoms with E-state index in [-0.39, 0.29) is 30.3 Å². The van der Waals surface area contributed by atoms with Crippen LogP contribution in [0.4, 0.5) is 0 Å². The fourth-order valence-corrected chi connectivity index (χ4v) is 3.06. The van der Waals surface area contributed by atoms with Gasteiger partial charge in [0.2, 0.25) is 0 Å². The Labute approximate surface area is 137 Å². The number of esters is 1. The Kier molecular flexibility index (Phi) is 6.44. The first-order valence-corrected chi connectivity index (χ1v) is 8.14. The van der Waals surface area contributed by atoms with Crippen LogP contribution >= 0.6 is 0 Å². The van der Waals surface area contributed by atoms with Crippen molar-refractivity contribution >= 4 is 11.9 Å². The van der Waals surface area contributed by atoms with E-state index in [1.165, 1.54) is 7.11 Å². The van der Waals surface area contributed by atoms with Gasteiger partial charge in [0.15, 0.2) is 6.61 Å². The van der Waals surface area contributed by atoms with Crippen LogP contribution in [0, 0.1) is 18.8 Å². The smallest absolute Gasteiger partial charge is 0.309 e. The first kappa shape index (κ1) is 17.3. The molecule has 1 aromatic rings. The zero-order chi connectivity index (χ0) is 16.7. The van der Waals surface area contributed by atoms with E-state index in [1.54, 1.807) is 0 Å². The summed E-state index contributed by atoms with van der Waals surface area (Å²) in [4.78, 5) is 23.7. The van der Waals surface area contributed by atoms with Gasteiger partial charge in [0.05, 0.1) is 13.0 Å². The van der Waals surface area contributed by atoms with Gasteiger partial charge in [-0.2, -0.15) is 0 Å². The molecule has 5 nitrogen and oxygen atoms in total. The van der Waals surface area contributed by atoms with Gasteiger partial charge in [0.25, 0.3) is 5.91 Å². The SMILES string of the molecule is COC(=O)C1CCCCC1CNC(=O)COc1cccc(C)c1. The van der Waals surface area contributed by atoms with E-state index in [4.69, 9.17) is 9.47 Å². The van der Waals surface area contributed by atoms with Crippen LogP contribution in [0.3, 0.4) is 0 Å². The number of amides is 1. The van der Waals surface area contributed by atoms with Gasteiger partial charge in [-0.3, -0.25) is 9.59 Å². The number of ether oxygens (including phenoxy) is 2. The monoisotopic (exact) mass is 319 g/mol. The van der Waals surface area contributed by atoms with Crippen molar-refractivity contribution in [2.45, 2.75) is 32.6 Å². The van der Waals surface area contributed by atoms with Gasteiger partial charge < -0.3 is 14.8 Å². The molecule has 23 heavy (non-hydrogen) atoms. The highest BCUT2D eigenvalue weighted by molar-refractivity contribution is 5.77. The van der Waals surface area contributed by atoms with Gasteiger partial charge in [-0.1, -0.05) is 25.0 Å². The average molecular weight is 319 g/mol. The lowest BCUT2D eigenvalue weighted by molar-refractivity contribution is -0.148. The van der Waals surface area contributed by atoms with Crippen molar-refractivity contribution in [1.82, 2.24) is 5.32 Å². The van der Waals surface area contributed by atoms with Crippen LogP contribution in [0.25, 0.3) is 0 Å². The molecule has 1 aliphatic rings. The Morgan fingerprint density at radius 3 is 2.78 bits per heavy atom. The Morgan fingerprint density at radius 2 is 2.04 bits per heavy atom. The topological polar surface area (TPSA) is 64.6 Å². The van der Waals surface area contributed by atoms with Crippen molar-refractivity contribution in [2.24, 2.45) is 11.8 Å². The Hall–Kier alpha value is -2.04. The van der Waals surface area contributed by atoms with Crippen LogP contribution in [-0.4, -0.2) is 32.1 Å². The van der Waals surface area contributed by atoms with Gasteiger partial charge in [0.1, 0.15) is 5.75 Å². The third-order valence-corrected chi connectivity index (χ3v) is 4.33. The Bertz CT molecular complexity index is 544. The number of aryl methyl sites for hydroxylation is 1. The van der Waals surface area contributed by atoms with Gasteiger partial charge in [-0.25, -0.2) is 0 Å². The van der Waals surface area contributed by atoms with Crippen LogP contribution in [0.15, 0.2) is 24.3 Å². The number of nitrogens with one attached hydrogen (secondary N) is 1. The molecular weight excluding hydrogens is 294 g/mol. The van der Waals surface area contributed by atoms with Gasteiger partial charge in [-0.15, -0.1) is 0 Å². The summed E-state index contributed by atoms with van der Waals surface area (Å²) in [6.07, 6.45) is 3.92. The number of carbonyl (C=O) groups excluding carboxylic acids is 2. The predicted molar refractivity (Wildman–Crippen MR) is 87.1 cm³/mol. The van der Waals surface area contributed by atoms with E-state index in [9.17, 15) is 9.59 Å². The maximum atomic E-state index is 11.9. The lowest BCUT2D eigenvalue weighted by Crippen LogP contribution is -2.39. The normalized spacial score (nSPS) is 20.6. The van der Waals surface area contributed by atoms with Gasteiger partial charge >= 0.3 is 5.97 Å². The summed E-state index contributed by atoms with van der Waals surface area (Å²) in [5.74, 6) is 0.400. The molecule has 1 amide bonds. The summed E-state index contributed by atoms with van der Waals surface area (Å²) < 4.78 is 10.3. The molecule has 0 saturated heterocycles. The zero-order valence-electron chi connectivity index (χ0n) is 13.8. The molecule has 126 valence electrons. The third kappa shape index (κ3) is 5.27. The van der Waals surface area contributed by atoms with Crippen LogP contribution in [0.2, 0.25) is 0 Å². The number of hydrogen-bond donors (Lipinski definition) is 1. The van der Waals surface area contributed by atoms with E-state index in [1.807, 2.05) is 31.2 Å². The quantitative estimate of drug-likeness (QED) is 0.818. The van der Waals surface area contributed by atoms with Crippen molar-refractivity contribution in [2.75, 3.05) is 20.3 Å². The van der Waals surface area contributed by atoms with Crippen molar-refractivity contribution < 1.29 is 19.1 Å². The highest BCUT2D eigenvalue weighted by Gasteiger charge is 2.31. The summed E-state index contributed by atoms with van der Waals surface area (Å²) in [5.41, 5.74) is 1.09. The number of rotatable bonds is 6. The van der Waals surface area contributed by atoms with E-state index < -0.39 is 0 Å². The standard InChI is InChI=1S/C18H25NO4/c1-13-6-5-8-15(10-13)23-12-17(20)19-11-14-7-3-4-9-16(14)18(21)22-2/h5-6,8,10,14,16H,3-4,7,9,11-12H2,1-2H3,(H,19,20). The Morgan fingerprint density at radius 1 is 1.26 bits per heavy atom. The highest BCUT2D eigenvalue weighted by Crippen LogP contribution is 2.30. The van der Waals surface area contributed by atoms with Crippen molar-refractivity contribution in [1.29, 1.82) is 0 Å². The van der Waals surface area contributed by atoms with E-state index in [0.717, 1.165) is 31.2 Å². The molecule has 0 radical (unpaired) electrons. The first-order valence-electron chi connectivity index (χ1n) is 8.14. The summed E-state index contributed by atoms with van der Waals surface area (Å²) in [6.45, 7) is 2.46. The molecule has 5 heteroatoms. The molecule has 1 aliphatic carbocycles. The minimum Gasteiger partial charge on any atom is -0.484 e. The molecule has 2 rings (SSSR count). The molecule has 0 aromatic heterocycles. The molecule has 1 saturated carbocycles. The van der Waals surface area contributed by atoms with Crippen LogP contribution in [-0.2, 0) is 14.3 Å². The van der Waals surface area contributed by atoms with Crippen LogP contribution in [0.5, 0.6) is 5.75 Å². The average Bonchev–Trinajstić information content (AvgIpc) is 2.57. The minimum absolute atomic E-state index is 0.0148. The third-order valence-electron chi connectivity index (χ3n) is 4.33. The van der Waals surface area contributed by atoms with Crippen molar-refractivity contribution in [3.63, 3.8) is 0 Å². The highest BCUT2D eigenvalue weighted by atomic mass is 16.5. The van der Waals surface area contributed by atoms with Crippen LogP contribution in [0.1, 0.15) is 31.2 Å². The number of benzene rings is 1.